The normalized spacial score (nSPS) is 20.4. The van der Waals surface area contributed by atoms with Crippen LogP contribution in [0.5, 0.6) is 0 Å². The molecule has 2 aliphatic heterocycles. The molecule has 0 aliphatic carbocycles. The van der Waals surface area contributed by atoms with Gasteiger partial charge in [0.2, 0.25) is 0 Å². The van der Waals surface area contributed by atoms with Crippen LogP contribution in [0.3, 0.4) is 0 Å². The van der Waals surface area contributed by atoms with Gasteiger partial charge in [0, 0.05) is 64.3 Å². The number of rotatable bonds is 9. The van der Waals surface area contributed by atoms with Gasteiger partial charge in [-0.15, -0.1) is 24.0 Å². The van der Waals surface area contributed by atoms with Crippen molar-refractivity contribution in [2.45, 2.75) is 38.6 Å². The van der Waals surface area contributed by atoms with Gasteiger partial charge in [0.15, 0.2) is 5.96 Å². The molecule has 1 aromatic carbocycles. The van der Waals surface area contributed by atoms with Crippen LogP contribution in [-0.2, 0) is 9.47 Å². The van der Waals surface area contributed by atoms with E-state index in [1.165, 1.54) is 5.69 Å². The van der Waals surface area contributed by atoms with Crippen molar-refractivity contribution in [1.29, 1.82) is 0 Å². The van der Waals surface area contributed by atoms with Crippen LogP contribution in [0.25, 0.3) is 0 Å². The first-order valence-electron chi connectivity index (χ1n) is 10.9. The lowest BCUT2D eigenvalue weighted by Gasteiger charge is -2.21. The Morgan fingerprint density at radius 3 is 2.76 bits per heavy atom. The molecule has 2 heterocycles. The van der Waals surface area contributed by atoms with E-state index < -0.39 is 0 Å². The summed E-state index contributed by atoms with van der Waals surface area (Å²) in [6.45, 7) is 9.30. The first-order chi connectivity index (χ1) is 13.8. The summed E-state index contributed by atoms with van der Waals surface area (Å²) in [5.41, 5.74) is 1.30. The number of nitrogens with one attached hydrogen (secondary N) is 2. The molecule has 0 aromatic heterocycles. The highest BCUT2D eigenvalue weighted by Gasteiger charge is 2.23. The number of para-hydroxylation sites is 1. The van der Waals surface area contributed by atoms with Gasteiger partial charge < -0.3 is 25.0 Å². The summed E-state index contributed by atoms with van der Waals surface area (Å²) in [6.07, 6.45) is 4.36. The molecule has 7 heteroatoms. The summed E-state index contributed by atoms with van der Waals surface area (Å²) in [5.74, 6) is 1.60. The van der Waals surface area contributed by atoms with Crippen molar-refractivity contribution in [3.05, 3.63) is 30.3 Å². The van der Waals surface area contributed by atoms with Crippen molar-refractivity contribution in [3.63, 3.8) is 0 Å². The predicted molar refractivity (Wildman–Crippen MR) is 131 cm³/mol. The van der Waals surface area contributed by atoms with Crippen molar-refractivity contribution >= 4 is 35.6 Å². The topological polar surface area (TPSA) is 58.1 Å². The molecule has 1 atom stereocenters. The van der Waals surface area contributed by atoms with E-state index in [1.807, 2.05) is 0 Å². The van der Waals surface area contributed by atoms with Crippen molar-refractivity contribution in [2.24, 2.45) is 10.9 Å². The number of hydrogen-bond donors (Lipinski definition) is 2. The van der Waals surface area contributed by atoms with Crippen molar-refractivity contribution in [1.82, 2.24) is 10.6 Å². The molecule has 3 rings (SSSR count). The molecule has 2 aliphatic rings. The number of anilines is 1. The molecule has 164 valence electrons. The Hall–Kier alpha value is -1.06. The van der Waals surface area contributed by atoms with E-state index in [4.69, 9.17) is 14.5 Å². The molecule has 0 amide bonds. The average molecular weight is 516 g/mol. The lowest BCUT2D eigenvalue weighted by Crippen LogP contribution is -2.44. The number of benzene rings is 1. The molecule has 1 unspecified atom stereocenters. The standard InChI is InChI=1S/C22H36N4O2.HI/c1-2-23-22(24-12-6-14-28-18-19-10-15-27-16-11-19)25-20-9-13-26(17-20)21-7-4-3-5-8-21;/h3-5,7-8,19-20H,2,6,9-18H2,1H3,(H2,23,24,25);1H. The van der Waals surface area contributed by atoms with E-state index in [2.05, 4.69) is 52.8 Å². The molecule has 2 N–H and O–H groups in total. The van der Waals surface area contributed by atoms with Gasteiger partial charge in [-0.05, 0) is 50.7 Å². The van der Waals surface area contributed by atoms with E-state index >= 15 is 0 Å². The maximum atomic E-state index is 5.84. The first-order valence-corrected chi connectivity index (χ1v) is 10.9. The van der Waals surface area contributed by atoms with Crippen LogP contribution in [0.15, 0.2) is 35.3 Å². The van der Waals surface area contributed by atoms with E-state index in [0.29, 0.717) is 12.0 Å². The Morgan fingerprint density at radius 1 is 1.21 bits per heavy atom. The highest BCUT2D eigenvalue weighted by Crippen LogP contribution is 2.19. The molecule has 6 nitrogen and oxygen atoms in total. The second-order valence-electron chi connectivity index (χ2n) is 7.66. The summed E-state index contributed by atoms with van der Waals surface area (Å²) >= 11 is 0. The first kappa shape index (κ1) is 24.2. The third-order valence-corrected chi connectivity index (χ3v) is 5.41. The van der Waals surface area contributed by atoms with Gasteiger partial charge in [0.05, 0.1) is 0 Å². The Bertz CT molecular complexity index is 581. The Labute approximate surface area is 192 Å². The predicted octanol–water partition coefficient (Wildman–Crippen LogP) is 3.27. The molecule has 2 saturated heterocycles. The van der Waals surface area contributed by atoms with Crippen LogP contribution < -0.4 is 15.5 Å². The Morgan fingerprint density at radius 2 is 2.00 bits per heavy atom. The maximum absolute atomic E-state index is 5.84. The molecule has 0 radical (unpaired) electrons. The summed E-state index contributed by atoms with van der Waals surface area (Å²) in [7, 11) is 0. The van der Waals surface area contributed by atoms with Gasteiger partial charge in [0.1, 0.15) is 0 Å². The summed E-state index contributed by atoms with van der Waals surface area (Å²) < 4.78 is 11.2. The fourth-order valence-electron chi connectivity index (χ4n) is 3.79. The van der Waals surface area contributed by atoms with Crippen molar-refractivity contribution < 1.29 is 9.47 Å². The van der Waals surface area contributed by atoms with Gasteiger partial charge >= 0.3 is 0 Å². The van der Waals surface area contributed by atoms with Crippen molar-refractivity contribution in [2.75, 3.05) is 57.5 Å². The molecule has 29 heavy (non-hydrogen) atoms. The number of guanidine groups is 1. The molecule has 0 saturated carbocycles. The Balaban J connectivity index is 0.00000300. The van der Waals surface area contributed by atoms with Crippen molar-refractivity contribution in [3.8, 4) is 0 Å². The summed E-state index contributed by atoms with van der Waals surface area (Å²) in [6, 6.07) is 11.1. The summed E-state index contributed by atoms with van der Waals surface area (Å²) in [4.78, 5) is 7.17. The van der Waals surface area contributed by atoms with E-state index in [9.17, 15) is 0 Å². The van der Waals surface area contributed by atoms with Gasteiger partial charge in [-0.25, -0.2) is 0 Å². The highest BCUT2D eigenvalue weighted by atomic mass is 127. The molecule has 0 bridgehead atoms. The fraction of sp³-hybridized carbons (Fsp3) is 0.682. The zero-order valence-corrected chi connectivity index (χ0v) is 20.0. The maximum Gasteiger partial charge on any atom is 0.191 e. The second kappa shape index (κ2) is 14.0. The van der Waals surface area contributed by atoms with Crippen LogP contribution in [0.1, 0.15) is 32.6 Å². The number of aliphatic imine (C=N–C) groups is 1. The van der Waals surface area contributed by atoms with E-state index in [1.54, 1.807) is 0 Å². The minimum Gasteiger partial charge on any atom is -0.381 e. The van der Waals surface area contributed by atoms with E-state index in [-0.39, 0.29) is 24.0 Å². The molecule has 1 aromatic rings. The third kappa shape index (κ3) is 8.68. The Kier molecular flexibility index (Phi) is 11.7. The van der Waals surface area contributed by atoms with Gasteiger partial charge in [-0.2, -0.15) is 0 Å². The fourth-order valence-corrected chi connectivity index (χ4v) is 3.79. The van der Waals surface area contributed by atoms with E-state index in [0.717, 1.165) is 84.2 Å². The zero-order chi connectivity index (χ0) is 19.4. The molecule has 0 spiro atoms. The van der Waals surface area contributed by atoms with Crippen LogP contribution in [-0.4, -0.2) is 64.6 Å². The highest BCUT2D eigenvalue weighted by molar-refractivity contribution is 14.0. The monoisotopic (exact) mass is 516 g/mol. The number of ether oxygens (including phenoxy) is 2. The SMILES string of the molecule is CCNC(=NCCCOCC1CCOCC1)NC1CCN(c2ccccc2)C1.I. The van der Waals surface area contributed by atoms with Crippen LogP contribution in [0.2, 0.25) is 0 Å². The summed E-state index contributed by atoms with van der Waals surface area (Å²) in [5, 5.41) is 6.97. The zero-order valence-electron chi connectivity index (χ0n) is 17.6. The van der Waals surface area contributed by atoms with Crippen LogP contribution in [0.4, 0.5) is 5.69 Å². The smallest absolute Gasteiger partial charge is 0.191 e. The average Bonchev–Trinajstić information content (AvgIpc) is 3.20. The second-order valence-corrected chi connectivity index (χ2v) is 7.66. The minimum atomic E-state index is 0. The quantitative estimate of drug-likeness (QED) is 0.229. The third-order valence-electron chi connectivity index (χ3n) is 5.41. The van der Waals surface area contributed by atoms with Crippen LogP contribution in [0, 0.1) is 5.92 Å². The molecule has 2 fully saturated rings. The number of nitrogens with zero attached hydrogens (tertiary/aromatic N) is 2. The molecular formula is C22H37IN4O2. The largest absolute Gasteiger partial charge is 0.381 e. The minimum absolute atomic E-state index is 0. The molecular weight excluding hydrogens is 479 g/mol. The number of hydrogen-bond acceptors (Lipinski definition) is 4. The van der Waals surface area contributed by atoms with Gasteiger partial charge in [-0.3, -0.25) is 4.99 Å². The number of halogens is 1. The van der Waals surface area contributed by atoms with Gasteiger partial charge in [-0.1, -0.05) is 18.2 Å². The lowest BCUT2D eigenvalue weighted by atomic mass is 10.0. The van der Waals surface area contributed by atoms with Crippen LogP contribution >= 0.6 is 24.0 Å². The van der Waals surface area contributed by atoms with Gasteiger partial charge in [0.25, 0.3) is 0 Å². The lowest BCUT2D eigenvalue weighted by molar-refractivity contribution is 0.0205.